The molecule has 0 aromatic heterocycles. The van der Waals surface area contributed by atoms with Gasteiger partial charge in [0.2, 0.25) is 0 Å². The first-order valence-electron chi connectivity index (χ1n) is 4.25. The van der Waals surface area contributed by atoms with Gasteiger partial charge in [0.1, 0.15) is 5.75 Å². The van der Waals surface area contributed by atoms with Gasteiger partial charge in [-0.15, -0.1) is 0 Å². The van der Waals surface area contributed by atoms with Gasteiger partial charge in [-0.2, -0.15) is 0 Å². The molecule has 0 fully saturated rings. The van der Waals surface area contributed by atoms with Crippen LogP contribution in [0, 0.1) is 11.9 Å². The van der Waals surface area contributed by atoms with Gasteiger partial charge in [-0.05, 0) is 18.2 Å². The molecule has 0 aliphatic rings. The van der Waals surface area contributed by atoms with Gasteiger partial charge in [0, 0.05) is 6.07 Å². The van der Waals surface area contributed by atoms with Crippen LogP contribution in [0.2, 0.25) is 0 Å². The zero-order valence-corrected chi connectivity index (χ0v) is 7.41. The van der Waals surface area contributed by atoms with E-state index in [1.807, 2.05) is 18.2 Å². The Labute approximate surface area is 81.8 Å². The highest BCUT2D eigenvalue weighted by molar-refractivity contribution is 5.31. The van der Waals surface area contributed by atoms with Crippen LogP contribution in [0.4, 0.5) is 4.39 Å². The fraction of sp³-hybridized carbons (Fsp3) is 0. The summed E-state index contributed by atoms with van der Waals surface area (Å²) in [5.41, 5.74) is 0. The zero-order chi connectivity index (χ0) is 9.80. The third-order valence-corrected chi connectivity index (χ3v) is 1.74. The van der Waals surface area contributed by atoms with Gasteiger partial charge in [0.15, 0.2) is 11.6 Å². The molecule has 0 atom stereocenters. The van der Waals surface area contributed by atoms with E-state index in [4.69, 9.17) is 4.74 Å². The summed E-state index contributed by atoms with van der Waals surface area (Å²) in [6.07, 6.45) is 0. The number of ether oxygens (including phenoxy) is 1. The summed E-state index contributed by atoms with van der Waals surface area (Å²) in [4.78, 5) is 0. The van der Waals surface area contributed by atoms with Gasteiger partial charge in [0.25, 0.3) is 0 Å². The van der Waals surface area contributed by atoms with Crippen molar-refractivity contribution in [3.63, 3.8) is 0 Å². The highest BCUT2D eigenvalue weighted by Crippen LogP contribution is 2.22. The van der Waals surface area contributed by atoms with Crippen LogP contribution in [0.25, 0.3) is 0 Å². The lowest BCUT2D eigenvalue weighted by Crippen LogP contribution is -1.86. The number of benzene rings is 2. The Balaban J connectivity index is 2.24. The molecule has 0 heterocycles. The molecule has 0 saturated heterocycles. The molecule has 0 unspecified atom stereocenters. The molecule has 2 rings (SSSR count). The fourth-order valence-corrected chi connectivity index (χ4v) is 1.10. The van der Waals surface area contributed by atoms with Crippen molar-refractivity contribution in [2.24, 2.45) is 0 Å². The average Bonchev–Trinajstić information content (AvgIpc) is 2.23. The first kappa shape index (κ1) is 8.75. The monoisotopic (exact) mass is 187 g/mol. The molecule has 0 aliphatic carbocycles. The molecular weight excluding hydrogens is 179 g/mol. The normalized spacial score (nSPS) is 9.79. The first-order valence-corrected chi connectivity index (χ1v) is 4.25. The summed E-state index contributed by atoms with van der Waals surface area (Å²) < 4.78 is 18.4. The number of hydrogen-bond acceptors (Lipinski definition) is 1. The quantitative estimate of drug-likeness (QED) is 0.700. The molecule has 0 amide bonds. The van der Waals surface area contributed by atoms with E-state index in [9.17, 15) is 4.39 Å². The first-order chi connectivity index (χ1) is 6.86. The van der Waals surface area contributed by atoms with E-state index in [2.05, 4.69) is 6.07 Å². The highest BCUT2D eigenvalue weighted by Gasteiger charge is 2.02. The van der Waals surface area contributed by atoms with Crippen molar-refractivity contribution in [1.29, 1.82) is 0 Å². The Kier molecular flexibility index (Phi) is 2.45. The molecule has 0 saturated carbocycles. The Hall–Kier alpha value is -1.83. The molecule has 2 heteroatoms. The molecule has 1 nitrogen and oxygen atoms in total. The standard InChI is InChI=1S/C12H8FO/c13-11-8-4-5-9-12(11)14-10-6-2-1-3-7-10/h1-7,9H. The summed E-state index contributed by atoms with van der Waals surface area (Å²) in [5, 5.41) is 0. The molecule has 0 N–H and O–H groups in total. The minimum atomic E-state index is -0.476. The maximum atomic E-state index is 13.1. The van der Waals surface area contributed by atoms with Crippen LogP contribution >= 0.6 is 0 Å². The van der Waals surface area contributed by atoms with Crippen LogP contribution in [-0.4, -0.2) is 0 Å². The van der Waals surface area contributed by atoms with Crippen molar-refractivity contribution in [3.8, 4) is 11.5 Å². The lowest BCUT2D eigenvalue weighted by atomic mass is 10.3. The predicted octanol–water partition coefficient (Wildman–Crippen LogP) is 3.42. The summed E-state index contributed by atoms with van der Waals surface area (Å²) in [6, 6.07) is 16.3. The van der Waals surface area contributed by atoms with E-state index in [1.54, 1.807) is 24.3 Å². The third kappa shape index (κ3) is 1.91. The van der Waals surface area contributed by atoms with Crippen molar-refractivity contribution in [1.82, 2.24) is 0 Å². The predicted molar refractivity (Wildman–Crippen MR) is 51.8 cm³/mol. The van der Waals surface area contributed by atoms with Crippen molar-refractivity contribution in [2.75, 3.05) is 0 Å². The maximum absolute atomic E-state index is 13.1. The molecule has 14 heavy (non-hydrogen) atoms. The Morgan fingerprint density at radius 3 is 2.50 bits per heavy atom. The second-order valence-corrected chi connectivity index (χ2v) is 2.76. The van der Waals surface area contributed by atoms with Gasteiger partial charge >= 0.3 is 0 Å². The summed E-state index contributed by atoms with van der Waals surface area (Å²) in [5.74, 6) is 0.334. The van der Waals surface area contributed by atoms with E-state index in [-0.39, 0.29) is 5.75 Å². The number of halogens is 1. The summed E-state index contributed by atoms with van der Waals surface area (Å²) in [6.45, 7) is 0. The van der Waals surface area contributed by atoms with E-state index in [0.717, 1.165) is 0 Å². The van der Waals surface area contributed by atoms with Crippen molar-refractivity contribution in [3.05, 3.63) is 60.4 Å². The maximum Gasteiger partial charge on any atom is 0.173 e. The molecule has 2 aromatic carbocycles. The Morgan fingerprint density at radius 1 is 1.00 bits per heavy atom. The summed E-state index contributed by atoms with van der Waals surface area (Å²) >= 11 is 0. The van der Waals surface area contributed by atoms with E-state index in [0.29, 0.717) is 5.75 Å². The van der Waals surface area contributed by atoms with Crippen molar-refractivity contribution in [2.45, 2.75) is 0 Å². The van der Waals surface area contributed by atoms with Crippen LogP contribution < -0.4 is 4.74 Å². The van der Waals surface area contributed by atoms with Crippen LogP contribution in [0.1, 0.15) is 0 Å². The third-order valence-electron chi connectivity index (χ3n) is 1.74. The SMILES string of the molecule is Fc1[c]cccc1Oc1ccccc1. The van der Waals surface area contributed by atoms with Crippen LogP contribution in [0.3, 0.4) is 0 Å². The molecular formula is C12H8FO. The second-order valence-electron chi connectivity index (χ2n) is 2.76. The van der Waals surface area contributed by atoms with E-state index in [1.165, 1.54) is 6.07 Å². The van der Waals surface area contributed by atoms with Crippen molar-refractivity contribution >= 4 is 0 Å². The highest BCUT2D eigenvalue weighted by atomic mass is 19.1. The fourth-order valence-electron chi connectivity index (χ4n) is 1.10. The van der Waals surface area contributed by atoms with Crippen LogP contribution in [0.15, 0.2) is 48.5 Å². The van der Waals surface area contributed by atoms with Gasteiger partial charge in [-0.3, -0.25) is 0 Å². The smallest absolute Gasteiger partial charge is 0.173 e. The largest absolute Gasteiger partial charge is 0.454 e. The van der Waals surface area contributed by atoms with Gasteiger partial charge in [0.05, 0.1) is 0 Å². The lowest BCUT2D eigenvalue weighted by Gasteiger charge is -2.05. The van der Waals surface area contributed by atoms with Gasteiger partial charge < -0.3 is 4.74 Å². The average molecular weight is 187 g/mol. The van der Waals surface area contributed by atoms with Crippen LogP contribution in [0.5, 0.6) is 11.5 Å². The van der Waals surface area contributed by atoms with Gasteiger partial charge in [-0.25, -0.2) is 4.39 Å². The van der Waals surface area contributed by atoms with E-state index < -0.39 is 5.82 Å². The molecule has 0 aliphatic heterocycles. The Bertz CT molecular complexity index is 412. The van der Waals surface area contributed by atoms with Crippen molar-refractivity contribution < 1.29 is 9.13 Å². The second kappa shape index (κ2) is 3.92. The molecule has 1 radical (unpaired) electrons. The number of hydrogen-bond donors (Lipinski definition) is 0. The topological polar surface area (TPSA) is 9.23 Å². The van der Waals surface area contributed by atoms with E-state index >= 15 is 0 Å². The Morgan fingerprint density at radius 2 is 1.79 bits per heavy atom. The minimum Gasteiger partial charge on any atom is -0.454 e. The lowest BCUT2D eigenvalue weighted by molar-refractivity contribution is 0.441. The summed E-state index contributed by atoms with van der Waals surface area (Å²) in [7, 11) is 0. The molecule has 69 valence electrons. The van der Waals surface area contributed by atoms with Crippen LogP contribution in [-0.2, 0) is 0 Å². The molecule has 2 aromatic rings. The number of para-hydroxylation sites is 1. The molecule has 0 spiro atoms. The zero-order valence-electron chi connectivity index (χ0n) is 7.41. The molecule has 0 bridgehead atoms. The van der Waals surface area contributed by atoms with Gasteiger partial charge in [-0.1, -0.05) is 30.3 Å². The minimum absolute atomic E-state index is 0.193. The number of rotatable bonds is 2.